The summed E-state index contributed by atoms with van der Waals surface area (Å²) in [6.07, 6.45) is 0. The lowest BCUT2D eigenvalue weighted by molar-refractivity contribution is 0.106. The maximum Gasteiger partial charge on any atom is 0.0406 e. The Morgan fingerprint density at radius 1 is 1.04 bits per heavy atom. The molecule has 1 aliphatic rings. The van der Waals surface area contributed by atoms with E-state index in [2.05, 4.69) is 56.2 Å². The van der Waals surface area contributed by atoms with E-state index >= 15 is 0 Å². The van der Waals surface area contributed by atoms with Crippen LogP contribution in [0.15, 0.2) is 36.4 Å². The second kappa shape index (κ2) is 8.32. The molecule has 3 heteroatoms. The average molecular weight is 335 g/mol. The highest BCUT2D eigenvalue weighted by Gasteiger charge is 2.24. The van der Waals surface area contributed by atoms with Crippen molar-refractivity contribution in [1.82, 2.24) is 9.80 Å². The minimum atomic E-state index is 0.387. The highest BCUT2D eigenvalue weighted by molar-refractivity contribution is 6.30. The molecule has 1 aromatic carbocycles. The van der Waals surface area contributed by atoms with Gasteiger partial charge in [-0.05, 0) is 37.5 Å². The highest BCUT2D eigenvalue weighted by atomic mass is 35.5. The summed E-state index contributed by atoms with van der Waals surface area (Å²) in [5.41, 5.74) is 2.65. The molecule has 0 radical (unpaired) electrons. The van der Waals surface area contributed by atoms with E-state index in [0.29, 0.717) is 17.9 Å². The first kappa shape index (κ1) is 18.5. The Morgan fingerprint density at radius 2 is 1.61 bits per heavy atom. The number of halogens is 1. The van der Waals surface area contributed by atoms with Crippen molar-refractivity contribution >= 4 is 11.6 Å². The van der Waals surface area contributed by atoms with Crippen LogP contribution >= 0.6 is 11.6 Å². The molecule has 2 rings (SSSR count). The van der Waals surface area contributed by atoms with E-state index in [9.17, 15) is 0 Å². The van der Waals surface area contributed by atoms with E-state index in [1.165, 1.54) is 24.2 Å². The molecule has 128 valence electrons. The molecular formula is C20H31ClN2. The van der Waals surface area contributed by atoms with Crippen molar-refractivity contribution in [2.75, 3.05) is 32.7 Å². The quantitative estimate of drug-likeness (QED) is 0.698. The third-order valence-corrected chi connectivity index (χ3v) is 5.29. The zero-order chi connectivity index (χ0) is 17.0. The van der Waals surface area contributed by atoms with Gasteiger partial charge >= 0.3 is 0 Å². The maximum absolute atomic E-state index is 6.06. The Kier molecular flexibility index (Phi) is 6.70. The predicted molar refractivity (Wildman–Crippen MR) is 101 cm³/mol. The normalized spacial score (nSPS) is 18.6. The van der Waals surface area contributed by atoms with Crippen molar-refractivity contribution in [2.45, 2.75) is 39.7 Å². The van der Waals surface area contributed by atoms with Crippen molar-refractivity contribution < 1.29 is 0 Å². The van der Waals surface area contributed by atoms with Crippen molar-refractivity contribution in [3.63, 3.8) is 0 Å². The van der Waals surface area contributed by atoms with Crippen LogP contribution in [-0.2, 0) is 0 Å². The van der Waals surface area contributed by atoms with Gasteiger partial charge in [-0.3, -0.25) is 9.80 Å². The highest BCUT2D eigenvalue weighted by Crippen LogP contribution is 2.30. The maximum atomic E-state index is 6.06. The van der Waals surface area contributed by atoms with E-state index in [0.717, 1.165) is 24.7 Å². The monoisotopic (exact) mass is 334 g/mol. The molecule has 0 aromatic heterocycles. The Labute approximate surface area is 147 Å². The van der Waals surface area contributed by atoms with Gasteiger partial charge in [-0.1, -0.05) is 49.7 Å². The van der Waals surface area contributed by atoms with Gasteiger partial charge in [0.05, 0.1) is 0 Å². The fourth-order valence-electron chi connectivity index (χ4n) is 3.25. The molecule has 0 N–H and O–H groups in total. The van der Waals surface area contributed by atoms with Gasteiger partial charge < -0.3 is 0 Å². The van der Waals surface area contributed by atoms with Gasteiger partial charge in [0, 0.05) is 49.7 Å². The summed E-state index contributed by atoms with van der Waals surface area (Å²) < 4.78 is 0. The summed E-state index contributed by atoms with van der Waals surface area (Å²) in [7, 11) is 0. The number of piperazine rings is 1. The first-order valence-electron chi connectivity index (χ1n) is 8.79. The van der Waals surface area contributed by atoms with Gasteiger partial charge in [0.15, 0.2) is 0 Å². The van der Waals surface area contributed by atoms with E-state index < -0.39 is 0 Å². The molecule has 0 aliphatic carbocycles. The summed E-state index contributed by atoms with van der Waals surface area (Å²) in [4.78, 5) is 5.15. The van der Waals surface area contributed by atoms with Gasteiger partial charge in [-0.15, -0.1) is 0 Å². The van der Waals surface area contributed by atoms with Crippen LogP contribution in [0.5, 0.6) is 0 Å². The van der Waals surface area contributed by atoms with Crippen LogP contribution in [0, 0.1) is 5.92 Å². The largest absolute Gasteiger partial charge is 0.300 e. The Bertz CT molecular complexity index is 499. The predicted octanol–water partition coefficient (Wildman–Crippen LogP) is 4.66. The van der Waals surface area contributed by atoms with Gasteiger partial charge in [0.25, 0.3) is 0 Å². The van der Waals surface area contributed by atoms with Crippen molar-refractivity contribution in [2.24, 2.45) is 5.92 Å². The fourth-order valence-corrected chi connectivity index (χ4v) is 3.38. The number of rotatable bonds is 6. The summed E-state index contributed by atoms with van der Waals surface area (Å²) in [6.45, 7) is 19.1. The molecular weight excluding hydrogens is 304 g/mol. The van der Waals surface area contributed by atoms with Crippen LogP contribution in [0.1, 0.15) is 39.2 Å². The molecule has 0 bridgehead atoms. The standard InChI is InChI=1S/C20H31ClN2/c1-15(2)17(5)20(18-6-8-19(21)9-7-18)14-22-10-12-23(13-11-22)16(3)4/h6-9,15-16,20H,5,10-14H2,1-4H3/t20-/m1/s1. The van der Waals surface area contributed by atoms with E-state index in [-0.39, 0.29) is 0 Å². The molecule has 1 saturated heterocycles. The summed E-state index contributed by atoms with van der Waals surface area (Å²) in [6, 6.07) is 8.95. The molecule has 0 saturated carbocycles. The summed E-state index contributed by atoms with van der Waals surface area (Å²) in [5.74, 6) is 0.880. The number of hydrogen-bond donors (Lipinski definition) is 0. The second-order valence-corrected chi connectivity index (χ2v) is 7.70. The van der Waals surface area contributed by atoms with Crippen molar-refractivity contribution in [1.29, 1.82) is 0 Å². The lowest BCUT2D eigenvalue weighted by atomic mass is 9.85. The lowest BCUT2D eigenvalue weighted by Gasteiger charge is -2.39. The first-order chi connectivity index (χ1) is 10.9. The number of benzene rings is 1. The molecule has 1 atom stereocenters. The lowest BCUT2D eigenvalue weighted by Crippen LogP contribution is -2.49. The Hall–Kier alpha value is -0.830. The molecule has 1 heterocycles. The molecule has 0 unspecified atom stereocenters. The van der Waals surface area contributed by atoms with Crippen LogP contribution in [0.3, 0.4) is 0 Å². The molecule has 0 amide bonds. The van der Waals surface area contributed by atoms with Crippen LogP contribution < -0.4 is 0 Å². The third kappa shape index (κ3) is 5.07. The van der Waals surface area contributed by atoms with E-state index in [1.807, 2.05) is 12.1 Å². The topological polar surface area (TPSA) is 6.48 Å². The molecule has 0 spiro atoms. The fraction of sp³-hybridized carbons (Fsp3) is 0.600. The molecule has 2 nitrogen and oxygen atoms in total. The zero-order valence-corrected chi connectivity index (χ0v) is 15.8. The zero-order valence-electron chi connectivity index (χ0n) is 15.1. The van der Waals surface area contributed by atoms with Gasteiger partial charge in [0.2, 0.25) is 0 Å². The van der Waals surface area contributed by atoms with Crippen molar-refractivity contribution in [3.05, 3.63) is 47.0 Å². The van der Waals surface area contributed by atoms with E-state index in [1.54, 1.807) is 0 Å². The minimum absolute atomic E-state index is 0.387. The van der Waals surface area contributed by atoms with Crippen LogP contribution in [0.4, 0.5) is 0 Å². The first-order valence-corrected chi connectivity index (χ1v) is 9.16. The molecule has 1 fully saturated rings. The Morgan fingerprint density at radius 3 is 2.09 bits per heavy atom. The molecule has 1 aliphatic heterocycles. The minimum Gasteiger partial charge on any atom is -0.300 e. The Balaban J connectivity index is 2.07. The summed E-state index contributed by atoms with van der Waals surface area (Å²) >= 11 is 6.06. The van der Waals surface area contributed by atoms with E-state index in [4.69, 9.17) is 11.6 Å². The number of nitrogens with zero attached hydrogens (tertiary/aromatic N) is 2. The van der Waals surface area contributed by atoms with Crippen LogP contribution in [0.2, 0.25) is 5.02 Å². The third-order valence-electron chi connectivity index (χ3n) is 5.04. The molecule has 23 heavy (non-hydrogen) atoms. The number of hydrogen-bond acceptors (Lipinski definition) is 2. The van der Waals surface area contributed by atoms with Crippen LogP contribution in [0.25, 0.3) is 0 Å². The smallest absolute Gasteiger partial charge is 0.0406 e. The van der Waals surface area contributed by atoms with Gasteiger partial charge in [-0.25, -0.2) is 0 Å². The summed E-state index contributed by atoms with van der Waals surface area (Å²) in [5, 5.41) is 0.799. The van der Waals surface area contributed by atoms with Crippen molar-refractivity contribution in [3.8, 4) is 0 Å². The van der Waals surface area contributed by atoms with Gasteiger partial charge in [-0.2, -0.15) is 0 Å². The van der Waals surface area contributed by atoms with Crippen LogP contribution in [-0.4, -0.2) is 48.6 Å². The second-order valence-electron chi connectivity index (χ2n) is 7.26. The van der Waals surface area contributed by atoms with Gasteiger partial charge in [0.1, 0.15) is 0 Å². The molecule has 1 aromatic rings. The SMILES string of the molecule is C=C(C(C)C)[C@@H](CN1CCN(C(C)C)CC1)c1ccc(Cl)cc1. The average Bonchev–Trinajstić information content (AvgIpc) is 2.53.